The predicted octanol–water partition coefficient (Wildman–Crippen LogP) is 0.140. The monoisotopic (exact) mass is 245 g/mol. The van der Waals surface area contributed by atoms with E-state index >= 15 is 0 Å². The molecule has 1 aromatic carbocycles. The summed E-state index contributed by atoms with van der Waals surface area (Å²) >= 11 is 0. The van der Waals surface area contributed by atoms with Crippen LogP contribution in [0.15, 0.2) is 18.2 Å². The van der Waals surface area contributed by atoms with Crippen LogP contribution in [0, 0.1) is 11.6 Å². The number of nitrogens with one attached hydrogen (secondary N) is 1. The first-order valence-corrected chi connectivity index (χ1v) is 4.56. The van der Waals surface area contributed by atoms with Gasteiger partial charge >= 0.3 is 5.97 Å². The van der Waals surface area contributed by atoms with Gasteiger partial charge in [-0.3, -0.25) is 4.79 Å². The van der Waals surface area contributed by atoms with Crippen LogP contribution in [0.25, 0.3) is 0 Å². The molecule has 7 heteroatoms. The van der Waals surface area contributed by atoms with Gasteiger partial charge in [-0.05, 0) is 12.1 Å². The van der Waals surface area contributed by atoms with Crippen molar-refractivity contribution in [1.82, 2.24) is 5.32 Å². The summed E-state index contributed by atoms with van der Waals surface area (Å²) in [6.07, 6.45) is -1.83. The Morgan fingerprint density at radius 2 is 1.82 bits per heavy atom. The molecule has 1 aromatic rings. The second-order valence-corrected chi connectivity index (χ2v) is 3.16. The number of carbonyl (C=O) groups excluding carboxylic acids is 1. The molecule has 1 unspecified atom stereocenters. The molecule has 0 bridgehead atoms. The van der Waals surface area contributed by atoms with E-state index < -0.39 is 41.7 Å². The summed E-state index contributed by atoms with van der Waals surface area (Å²) < 4.78 is 26.2. The quantitative estimate of drug-likeness (QED) is 0.704. The second-order valence-electron chi connectivity index (χ2n) is 3.16. The van der Waals surface area contributed by atoms with Gasteiger partial charge in [0.2, 0.25) is 0 Å². The van der Waals surface area contributed by atoms with E-state index in [1.54, 1.807) is 0 Å². The van der Waals surface area contributed by atoms with Crippen LogP contribution in [0.3, 0.4) is 0 Å². The average Bonchev–Trinajstić information content (AvgIpc) is 2.25. The number of hydrogen-bond donors (Lipinski definition) is 3. The largest absolute Gasteiger partial charge is 0.479 e. The van der Waals surface area contributed by atoms with E-state index in [0.29, 0.717) is 0 Å². The molecule has 0 saturated heterocycles. The van der Waals surface area contributed by atoms with Crippen molar-refractivity contribution in [2.75, 3.05) is 6.54 Å². The van der Waals surface area contributed by atoms with Crippen molar-refractivity contribution in [2.24, 2.45) is 0 Å². The highest BCUT2D eigenvalue weighted by Gasteiger charge is 2.19. The van der Waals surface area contributed by atoms with Crippen molar-refractivity contribution in [3.63, 3.8) is 0 Å². The number of amides is 1. The third-order valence-corrected chi connectivity index (χ3v) is 1.93. The molecule has 0 aliphatic carbocycles. The van der Waals surface area contributed by atoms with Crippen molar-refractivity contribution in [2.45, 2.75) is 6.10 Å². The Kier molecular flexibility index (Phi) is 4.11. The van der Waals surface area contributed by atoms with Gasteiger partial charge in [0.15, 0.2) is 6.10 Å². The highest BCUT2D eigenvalue weighted by molar-refractivity contribution is 5.95. The fourth-order valence-corrected chi connectivity index (χ4v) is 1.08. The molecular formula is C10H9F2NO4. The van der Waals surface area contributed by atoms with Gasteiger partial charge in [-0.25, -0.2) is 13.6 Å². The Morgan fingerprint density at radius 3 is 2.29 bits per heavy atom. The topological polar surface area (TPSA) is 86.6 Å². The van der Waals surface area contributed by atoms with Crippen molar-refractivity contribution < 1.29 is 28.6 Å². The first kappa shape index (κ1) is 13.0. The van der Waals surface area contributed by atoms with Gasteiger partial charge in [0.25, 0.3) is 5.91 Å². The lowest BCUT2D eigenvalue weighted by Gasteiger charge is -2.08. The maximum atomic E-state index is 13.1. The van der Waals surface area contributed by atoms with Crippen LogP contribution in [-0.2, 0) is 4.79 Å². The number of rotatable bonds is 4. The Bertz CT molecular complexity index is 430. The van der Waals surface area contributed by atoms with Gasteiger partial charge in [-0.1, -0.05) is 6.07 Å². The molecule has 0 fully saturated rings. The van der Waals surface area contributed by atoms with E-state index in [0.717, 1.165) is 18.2 Å². The van der Waals surface area contributed by atoms with Gasteiger partial charge in [0.1, 0.15) is 17.2 Å². The summed E-state index contributed by atoms with van der Waals surface area (Å²) in [6.45, 7) is -0.637. The minimum atomic E-state index is -1.83. The van der Waals surface area contributed by atoms with Crippen LogP contribution >= 0.6 is 0 Å². The highest BCUT2D eigenvalue weighted by atomic mass is 19.1. The average molecular weight is 245 g/mol. The van der Waals surface area contributed by atoms with E-state index in [9.17, 15) is 18.4 Å². The first-order chi connectivity index (χ1) is 7.93. The van der Waals surface area contributed by atoms with Gasteiger partial charge in [-0.15, -0.1) is 0 Å². The molecule has 3 N–H and O–H groups in total. The van der Waals surface area contributed by atoms with Crippen LogP contribution in [0.4, 0.5) is 8.78 Å². The third-order valence-electron chi connectivity index (χ3n) is 1.93. The third kappa shape index (κ3) is 3.22. The van der Waals surface area contributed by atoms with E-state index in [1.807, 2.05) is 5.32 Å². The van der Waals surface area contributed by atoms with Crippen LogP contribution in [0.2, 0.25) is 0 Å². The molecule has 1 amide bonds. The maximum Gasteiger partial charge on any atom is 0.334 e. The minimum Gasteiger partial charge on any atom is -0.479 e. The highest BCUT2D eigenvalue weighted by Crippen LogP contribution is 2.11. The Balaban J connectivity index is 2.74. The van der Waals surface area contributed by atoms with Crippen molar-refractivity contribution in [1.29, 1.82) is 0 Å². The smallest absolute Gasteiger partial charge is 0.334 e. The molecule has 0 heterocycles. The molecule has 0 spiro atoms. The summed E-state index contributed by atoms with van der Waals surface area (Å²) in [6, 6.07) is 2.88. The summed E-state index contributed by atoms with van der Waals surface area (Å²) in [5.74, 6) is -4.79. The van der Waals surface area contributed by atoms with Crippen LogP contribution in [-0.4, -0.2) is 34.7 Å². The lowest BCUT2D eigenvalue weighted by Crippen LogP contribution is -2.37. The molecule has 1 atom stereocenters. The first-order valence-electron chi connectivity index (χ1n) is 4.56. The van der Waals surface area contributed by atoms with Gasteiger partial charge in [0, 0.05) is 0 Å². The molecule has 92 valence electrons. The molecule has 0 radical (unpaired) electrons. The number of aliphatic hydroxyl groups is 1. The summed E-state index contributed by atoms with van der Waals surface area (Å²) in [4.78, 5) is 21.6. The molecule has 0 aliphatic rings. The molecule has 0 aromatic heterocycles. The standard InChI is InChI=1S/C10H9F2NO4/c11-5-2-1-3-6(12)8(5)9(15)13-4-7(14)10(16)17/h1-3,7,14H,4H2,(H,13,15)(H,16,17). The number of benzene rings is 1. The SMILES string of the molecule is O=C(NCC(O)C(=O)O)c1c(F)cccc1F. The molecule has 17 heavy (non-hydrogen) atoms. The van der Waals surface area contributed by atoms with E-state index in [1.165, 1.54) is 0 Å². The molecule has 5 nitrogen and oxygen atoms in total. The maximum absolute atomic E-state index is 13.1. The van der Waals surface area contributed by atoms with Crippen LogP contribution < -0.4 is 5.32 Å². The van der Waals surface area contributed by atoms with E-state index in [2.05, 4.69) is 0 Å². The molecular weight excluding hydrogens is 236 g/mol. The summed E-state index contributed by atoms with van der Waals surface area (Å²) in [5, 5.41) is 19.1. The van der Waals surface area contributed by atoms with E-state index in [-0.39, 0.29) is 0 Å². The van der Waals surface area contributed by atoms with E-state index in [4.69, 9.17) is 10.2 Å². The Hall–Kier alpha value is -2.02. The Morgan fingerprint density at radius 1 is 1.29 bits per heavy atom. The van der Waals surface area contributed by atoms with Gasteiger partial charge in [-0.2, -0.15) is 0 Å². The fraction of sp³-hybridized carbons (Fsp3) is 0.200. The van der Waals surface area contributed by atoms with Crippen LogP contribution in [0.1, 0.15) is 10.4 Å². The number of aliphatic carboxylic acids is 1. The zero-order valence-electron chi connectivity index (χ0n) is 8.48. The molecule has 1 rings (SSSR count). The Labute approximate surface area is 94.7 Å². The second kappa shape index (κ2) is 5.35. The number of carbonyl (C=O) groups is 2. The van der Waals surface area contributed by atoms with Crippen LogP contribution in [0.5, 0.6) is 0 Å². The minimum absolute atomic E-state index is 0.637. The lowest BCUT2D eigenvalue weighted by atomic mass is 10.2. The fourth-order valence-electron chi connectivity index (χ4n) is 1.08. The lowest BCUT2D eigenvalue weighted by molar-refractivity contribution is -0.146. The summed E-state index contributed by atoms with van der Waals surface area (Å²) in [5.41, 5.74) is -0.815. The number of carboxylic acids is 1. The van der Waals surface area contributed by atoms with Crippen molar-refractivity contribution in [3.8, 4) is 0 Å². The molecule has 0 aliphatic heterocycles. The number of halogens is 2. The zero-order chi connectivity index (χ0) is 13.0. The normalized spacial score (nSPS) is 11.9. The number of carboxylic acid groups (broad SMARTS) is 1. The van der Waals surface area contributed by atoms with Gasteiger partial charge < -0.3 is 15.5 Å². The number of aliphatic hydroxyl groups excluding tert-OH is 1. The van der Waals surface area contributed by atoms with Crippen molar-refractivity contribution >= 4 is 11.9 Å². The van der Waals surface area contributed by atoms with Gasteiger partial charge in [0.05, 0.1) is 6.54 Å². The predicted molar refractivity (Wildman–Crippen MR) is 52.3 cm³/mol. The molecule has 0 saturated carbocycles. The summed E-state index contributed by atoms with van der Waals surface area (Å²) in [7, 11) is 0. The zero-order valence-corrected chi connectivity index (χ0v) is 8.48. The van der Waals surface area contributed by atoms with Crippen molar-refractivity contribution in [3.05, 3.63) is 35.4 Å². The number of hydrogen-bond acceptors (Lipinski definition) is 3.